The molecule has 0 aromatic heterocycles. The monoisotopic (exact) mass is 377 g/mol. The zero-order valence-corrected chi connectivity index (χ0v) is 16.2. The number of thioether (sulfide) groups is 1. The number of imide groups is 1. The molecule has 1 aromatic carbocycles. The molecule has 0 bridgehead atoms. The third kappa shape index (κ3) is 3.95. The number of hydrogen-bond donors (Lipinski definition) is 0. The van der Waals surface area contributed by atoms with Crippen molar-refractivity contribution in [2.75, 3.05) is 5.75 Å². The Bertz CT molecular complexity index is 675. The highest BCUT2D eigenvalue weighted by Crippen LogP contribution is 2.39. The van der Waals surface area contributed by atoms with Gasteiger partial charge < -0.3 is 0 Å². The molecule has 1 aliphatic carbocycles. The van der Waals surface area contributed by atoms with Crippen LogP contribution in [0.15, 0.2) is 29.2 Å². The van der Waals surface area contributed by atoms with Gasteiger partial charge in [-0.05, 0) is 36.3 Å². The van der Waals surface area contributed by atoms with Gasteiger partial charge in [0, 0.05) is 11.1 Å². The molecule has 0 unspecified atom stereocenters. The van der Waals surface area contributed by atoms with Crippen LogP contribution >= 0.6 is 23.4 Å². The largest absolute Gasteiger partial charge is 0.271 e. The quantitative estimate of drug-likeness (QED) is 0.669. The minimum absolute atomic E-state index is 0.0394. The van der Waals surface area contributed by atoms with E-state index >= 15 is 0 Å². The lowest BCUT2D eigenvalue weighted by Gasteiger charge is -2.28. The summed E-state index contributed by atoms with van der Waals surface area (Å²) in [7, 11) is 0. The number of hydrogen-bond acceptors (Lipinski definition) is 3. The van der Waals surface area contributed by atoms with E-state index in [9.17, 15) is 9.59 Å². The molecule has 3 rings (SSSR count). The lowest BCUT2D eigenvalue weighted by molar-refractivity contribution is -0.139. The predicted octanol–water partition coefficient (Wildman–Crippen LogP) is 5.29. The van der Waals surface area contributed by atoms with Crippen molar-refractivity contribution >= 4 is 40.8 Å². The Balaban J connectivity index is 1.93. The Morgan fingerprint density at radius 1 is 1.00 bits per heavy atom. The fraction of sp³-hybridized carbons (Fsp3) is 0.500. The Kier molecular flexibility index (Phi) is 6.24. The van der Waals surface area contributed by atoms with Gasteiger partial charge in [-0.15, -0.1) is 11.8 Å². The third-order valence-corrected chi connectivity index (χ3v) is 6.14. The first-order valence-corrected chi connectivity index (χ1v) is 10.5. The third-order valence-electron chi connectivity index (χ3n) is 4.93. The fourth-order valence-electron chi connectivity index (χ4n) is 3.70. The van der Waals surface area contributed by atoms with Crippen LogP contribution in [0.5, 0.6) is 0 Å². The van der Waals surface area contributed by atoms with Crippen molar-refractivity contribution < 1.29 is 9.59 Å². The normalized spacial score (nSPS) is 20.2. The molecule has 0 atom stereocenters. The highest BCUT2D eigenvalue weighted by Gasteiger charge is 2.42. The average molecular weight is 378 g/mol. The van der Waals surface area contributed by atoms with E-state index in [1.165, 1.54) is 31.0 Å². The number of rotatable bonds is 4. The van der Waals surface area contributed by atoms with E-state index < -0.39 is 0 Å². The molecule has 0 radical (unpaired) electrons. The number of amides is 2. The Morgan fingerprint density at radius 2 is 1.60 bits per heavy atom. The summed E-state index contributed by atoms with van der Waals surface area (Å²) in [5.74, 6) is 0.533. The van der Waals surface area contributed by atoms with Gasteiger partial charge in [-0.2, -0.15) is 0 Å². The smallest absolute Gasteiger partial charge is 0.268 e. The van der Waals surface area contributed by atoms with E-state index in [1.54, 1.807) is 17.0 Å². The van der Waals surface area contributed by atoms with Crippen molar-refractivity contribution in [2.45, 2.75) is 57.9 Å². The molecule has 0 spiro atoms. The van der Waals surface area contributed by atoms with Crippen molar-refractivity contribution in [1.29, 1.82) is 0 Å². The molecule has 2 amide bonds. The fourth-order valence-corrected chi connectivity index (χ4v) is 4.69. The molecule has 0 saturated heterocycles. The van der Waals surface area contributed by atoms with Crippen LogP contribution in [0.1, 0.15) is 57.4 Å². The highest BCUT2D eigenvalue weighted by atomic mass is 35.5. The van der Waals surface area contributed by atoms with Gasteiger partial charge in [0.25, 0.3) is 11.8 Å². The van der Waals surface area contributed by atoms with Crippen LogP contribution in [0.25, 0.3) is 5.57 Å². The lowest BCUT2D eigenvalue weighted by Crippen LogP contribution is -2.41. The second-order valence-electron chi connectivity index (χ2n) is 6.62. The van der Waals surface area contributed by atoms with Crippen LogP contribution in [0, 0.1) is 0 Å². The Hall–Kier alpha value is -1.26. The molecule has 25 heavy (non-hydrogen) atoms. The molecule has 1 aromatic rings. The molecule has 134 valence electrons. The molecule has 1 saturated carbocycles. The van der Waals surface area contributed by atoms with Gasteiger partial charge in [0.15, 0.2) is 0 Å². The van der Waals surface area contributed by atoms with E-state index in [0.717, 1.165) is 37.0 Å². The molecule has 1 heterocycles. The van der Waals surface area contributed by atoms with Gasteiger partial charge in [0.05, 0.1) is 10.5 Å². The highest BCUT2D eigenvalue weighted by molar-refractivity contribution is 8.04. The molecular formula is C20H24ClNO2S. The van der Waals surface area contributed by atoms with E-state index in [0.29, 0.717) is 15.5 Å². The molecule has 3 nitrogen and oxygen atoms in total. The first-order valence-electron chi connectivity index (χ1n) is 9.14. The summed E-state index contributed by atoms with van der Waals surface area (Å²) in [6.07, 6.45) is 7.69. The summed E-state index contributed by atoms with van der Waals surface area (Å²) in [5.41, 5.74) is 1.34. The maximum absolute atomic E-state index is 13.2. The average Bonchev–Trinajstić information content (AvgIpc) is 2.80. The number of carbonyl (C=O) groups is 2. The maximum atomic E-state index is 13.2. The standard InChI is InChI=1S/C20H24ClNO2S/c1-2-25-18-17(14-10-12-15(21)13-11-14)19(23)22(20(18)24)16-8-6-4-3-5-7-9-16/h10-13,16H,2-9H2,1H3. The summed E-state index contributed by atoms with van der Waals surface area (Å²) < 4.78 is 0. The van der Waals surface area contributed by atoms with E-state index in [2.05, 4.69) is 0 Å². The van der Waals surface area contributed by atoms with Gasteiger partial charge in [0.2, 0.25) is 0 Å². The van der Waals surface area contributed by atoms with Crippen molar-refractivity contribution in [1.82, 2.24) is 4.90 Å². The molecular weight excluding hydrogens is 354 g/mol. The number of halogens is 1. The van der Waals surface area contributed by atoms with Crippen LogP contribution in [-0.4, -0.2) is 28.5 Å². The molecule has 1 aliphatic heterocycles. The molecule has 1 fully saturated rings. The maximum Gasteiger partial charge on any atom is 0.268 e. The van der Waals surface area contributed by atoms with Crippen LogP contribution < -0.4 is 0 Å². The topological polar surface area (TPSA) is 37.4 Å². The first-order chi connectivity index (χ1) is 12.1. The zero-order valence-electron chi connectivity index (χ0n) is 14.6. The number of benzene rings is 1. The first kappa shape index (κ1) is 18.5. The summed E-state index contributed by atoms with van der Waals surface area (Å²) in [5, 5.41) is 0.627. The summed E-state index contributed by atoms with van der Waals surface area (Å²) in [6.45, 7) is 2.01. The van der Waals surface area contributed by atoms with Gasteiger partial charge >= 0.3 is 0 Å². The lowest BCUT2D eigenvalue weighted by atomic mass is 9.95. The Labute approximate surface area is 158 Å². The predicted molar refractivity (Wildman–Crippen MR) is 104 cm³/mol. The summed E-state index contributed by atoms with van der Waals surface area (Å²) in [6, 6.07) is 7.25. The van der Waals surface area contributed by atoms with Crippen molar-refractivity contribution in [3.63, 3.8) is 0 Å². The SMILES string of the molecule is CCSC1=C(c2ccc(Cl)cc2)C(=O)N(C2CCCCCCC2)C1=O. The number of nitrogens with zero attached hydrogens (tertiary/aromatic N) is 1. The minimum Gasteiger partial charge on any atom is -0.271 e. The summed E-state index contributed by atoms with van der Waals surface area (Å²) >= 11 is 7.45. The van der Waals surface area contributed by atoms with E-state index in [1.807, 2.05) is 19.1 Å². The van der Waals surface area contributed by atoms with Crippen molar-refractivity contribution in [3.8, 4) is 0 Å². The van der Waals surface area contributed by atoms with Crippen LogP contribution in [0.4, 0.5) is 0 Å². The molecule has 2 aliphatic rings. The van der Waals surface area contributed by atoms with Gasteiger partial charge in [-0.1, -0.05) is 62.8 Å². The molecule has 5 heteroatoms. The molecule has 0 N–H and O–H groups in total. The van der Waals surface area contributed by atoms with Crippen LogP contribution in [0.3, 0.4) is 0 Å². The number of carbonyl (C=O) groups excluding carboxylic acids is 2. The summed E-state index contributed by atoms with van der Waals surface area (Å²) in [4.78, 5) is 28.4. The Morgan fingerprint density at radius 3 is 2.20 bits per heavy atom. The minimum atomic E-state index is -0.131. The van der Waals surface area contributed by atoms with Gasteiger partial charge in [-0.3, -0.25) is 14.5 Å². The van der Waals surface area contributed by atoms with Gasteiger partial charge in [0.1, 0.15) is 0 Å². The van der Waals surface area contributed by atoms with Crippen molar-refractivity contribution in [3.05, 3.63) is 39.8 Å². The van der Waals surface area contributed by atoms with Gasteiger partial charge in [-0.25, -0.2) is 0 Å². The van der Waals surface area contributed by atoms with E-state index in [4.69, 9.17) is 11.6 Å². The van der Waals surface area contributed by atoms with E-state index in [-0.39, 0.29) is 17.9 Å². The van der Waals surface area contributed by atoms with Crippen LogP contribution in [-0.2, 0) is 9.59 Å². The second kappa shape index (κ2) is 8.41. The zero-order chi connectivity index (χ0) is 17.8. The second-order valence-corrected chi connectivity index (χ2v) is 8.33. The van der Waals surface area contributed by atoms with Crippen molar-refractivity contribution in [2.24, 2.45) is 0 Å². The van der Waals surface area contributed by atoms with Crippen LogP contribution in [0.2, 0.25) is 5.02 Å².